The predicted molar refractivity (Wildman–Crippen MR) is 90.9 cm³/mol. The van der Waals surface area contributed by atoms with Gasteiger partial charge in [0.2, 0.25) is 10.0 Å². The molecule has 2 rings (SSSR count). The molecule has 1 saturated heterocycles. The highest BCUT2D eigenvalue weighted by Gasteiger charge is 2.27. The van der Waals surface area contributed by atoms with Crippen LogP contribution in [0.1, 0.15) is 23.1 Å². The van der Waals surface area contributed by atoms with Gasteiger partial charge in [0.1, 0.15) is 0 Å². The molecule has 0 saturated carbocycles. The van der Waals surface area contributed by atoms with E-state index in [0.29, 0.717) is 17.9 Å². The molecule has 2 N–H and O–H groups in total. The maximum absolute atomic E-state index is 12.4. The minimum atomic E-state index is -3.56. The van der Waals surface area contributed by atoms with Crippen molar-refractivity contribution in [2.75, 3.05) is 24.6 Å². The molecule has 0 aromatic heterocycles. The SMILES string of the molecule is Cc1cc(C)c(S(=O)(=O)NCCN[C@H]2CCS(=O)(=O)C2)cc1C. The highest BCUT2D eigenvalue weighted by molar-refractivity contribution is 7.91. The zero-order valence-electron chi connectivity index (χ0n) is 13.7. The van der Waals surface area contributed by atoms with Crippen LogP contribution in [0.3, 0.4) is 0 Å². The quantitative estimate of drug-likeness (QED) is 0.728. The first-order valence-electron chi connectivity index (χ1n) is 7.62. The van der Waals surface area contributed by atoms with Crippen LogP contribution < -0.4 is 10.0 Å². The van der Waals surface area contributed by atoms with E-state index >= 15 is 0 Å². The molecule has 1 heterocycles. The van der Waals surface area contributed by atoms with Gasteiger partial charge in [-0.15, -0.1) is 0 Å². The lowest BCUT2D eigenvalue weighted by molar-refractivity contribution is 0.542. The first-order chi connectivity index (χ1) is 10.6. The second kappa shape index (κ2) is 6.88. The molecule has 1 atom stereocenters. The van der Waals surface area contributed by atoms with Gasteiger partial charge in [-0.05, 0) is 49.9 Å². The van der Waals surface area contributed by atoms with Crippen molar-refractivity contribution in [1.82, 2.24) is 10.0 Å². The van der Waals surface area contributed by atoms with E-state index in [1.807, 2.05) is 19.9 Å². The normalized spacial score (nSPS) is 20.7. The molecule has 6 nitrogen and oxygen atoms in total. The minimum absolute atomic E-state index is 0.0761. The third-order valence-electron chi connectivity index (χ3n) is 4.16. The van der Waals surface area contributed by atoms with Crippen molar-refractivity contribution in [2.45, 2.75) is 38.1 Å². The number of hydrogen-bond donors (Lipinski definition) is 2. The number of sulfonamides is 1. The number of rotatable bonds is 6. The Balaban J connectivity index is 1.91. The van der Waals surface area contributed by atoms with Gasteiger partial charge >= 0.3 is 0 Å². The molecule has 1 fully saturated rings. The first-order valence-corrected chi connectivity index (χ1v) is 10.9. The largest absolute Gasteiger partial charge is 0.312 e. The third kappa shape index (κ3) is 4.76. The zero-order valence-corrected chi connectivity index (χ0v) is 15.4. The van der Waals surface area contributed by atoms with Gasteiger partial charge < -0.3 is 5.32 Å². The van der Waals surface area contributed by atoms with Crippen LogP contribution in [0.15, 0.2) is 17.0 Å². The average Bonchev–Trinajstić information content (AvgIpc) is 2.78. The predicted octanol–water partition coefficient (Wildman–Crippen LogP) is 0.667. The van der Waals surface area contributed by atoms with Gasteiger partial charge in [0.05, 0.1) is 16.4 Å². The second-order valence-corrected chi connectivity index (χ2v) is 10.1. The number of nitrogens with one attached hydrogen (secondary N) is 2. The Bertz CT molecular complexity index is 786. The summed E-state index contributed by atoms with van der Waals surface area (Å²) in [6, 6.07) is 3.48. The monoisotopic (exact) mass is 360 g/mol. The summed E-state index contributed by atoms with van der Waals surface area (Å²) in [7, 11) is -6.48. The lowest BCUT2D eigenvalue weighted by atomic mass is 10.1. The van der Waals surface area contributed by atoms with Crippen LogP contribution in [0, 0.1) is 20.8 Å². The lowest BCUT2D eigenvalue weighted by Gasteiger charge is -2.13. The molecule has 1 aromatic rings. The van der Waals surface area contributed by atoms with E-state index in [2.05, 4.69) is 10.0 Å². The van der Waals surface area contributed by atoms with Crippen LogP contribution in [-0.4, -0.2) is 47.5 Å². The topological polar surface area (TPSA) is 92.3 Å². The fourth-order valence-electron chi connectivity index (χ4n) is 2.72. The van der Waals surface area contributed by atoms with Crippen molar-refractivity contribution >= 4 is 19.9 Å². The molecule has 1 aliphatic rings. The lowest BCUT2D eigenvalue weighted by Crippen LogP contribution is -2.37. The van der Waals surface area contributed by atoms with Crippen molar-refractivity contribution < 1.29 is 16.8 Å². The molecular weight excluding hydrogens is 336 g/mol. The van der Waals surface area contributed by atoms with Crippen molar-refractivity contribution in [3.05, 3.63) is 28.8 Å². The van der Waals surface area contributed by atoms with Gasteiger partial charge in [-0.2, -0.15) is 0 Å². The maximum Gasteiger partial charge on any atom is 0.240 e. The number of benzene rings is 1. The highest BCUT2D eigenvalue weighted by atomic mass is 32.2. The van der Waals surface area contributed by atoms with Gasteiger partial charge in [-0.25, -0.2) is 21.6 Å². The van der Waals surface area contributed by atoms with Crippen molar-refractivity contribution in [1.29, 1.82) is 0 Å². The summed E-state index contributed by atoms with van der Waals surface area (Å²) >= 11 is 0. The van der Waals surface area contributed by atoms with E-state index in [-0.39, 0.29) is 24.1 Å². The maximum atomic E-state index is 12.4. The Labute approximate surface area is 138 Å². The molecule has 0 aliphatic carbocycles. The Morgan fingerprint density at radius 3 is 2.35 bits per heavy atom. The van der Waals surface area contributed by atoms with E-state index < -0.39 is 19.9 Å². The fraction of sp³-hybridized carbons (Fsp3) is 0.600. The highest BCUT2D eigenvalue weighted by Crippen LogP contribution is 2.19. The molecule has 0 radical (unpaired) electrons. The second-order valence-electron chi connectivity index (χ2n) is 6.15. The molecule has 1 aromatic carbocycles. The molecular formula is C15H24N2O4S2. The molecule has 130 valence electrons. The fourth-order valence-corrected chi connectivity index (χ4v) is 5.77. The molecule has 0 bridgehead atoms. The standard InChI is InChI=1S/C15H24N2O4S2/c1-11-8-13(3)15(9-12(11)2)23(20,21)17-6-5-16-14-4-7-22(18,19)10-14/h8-9,14,16-17H,4-7,10H2,1-3H3/t14-/m0/s1. The van der Waals surface area contributed by atoms with E-state index in [0.717, 1.165) is 16.7 Å². The van der Waals surface area contributed by atoms with Crippen LogP contribution in [-0.2, 0) is 19.9 Å². The summed E-state index contributed by atoms with van der Waals surface area (Å²) in [6.07, 6.45) is 0.589. The van der Waals surface area contributed by atoms with Gasteiger partial charge in [0.15, 0.2) is 9.84 Å². The molecule has 0 spiro atoms. The van der Waals surface area contributed by atoms with Crippen LogP contribution in [0.5, 0.6) is 0 Å². The summed E-state index contributed by atoms with van der Waals surface area (Å²) in [4.78, 5) is 0.295. The Kier molecular flexibility index (Phi) is 5.50. The molecule has 1 aliphatic heterocycles. The molecule has 8 heteroatoms. The summed E-state index contributed by atoms with van der Waals surface area (Å²) in [5, 5.41) is 3.09. The molecule has 0 amide bonds. The van der Waals surface area contributed by atoms with Crippen LogP contribution in [0.2, 0.25) is 0 Å². The van der Waals surface area contributed by atoms with Crippen LogP contribution >= 0.6 is 0 Å². The first kappa shape index (κ1) is 18.4. The van der Waals surface area contributed by atoms with Crippen molar-refractivity contribution in [2.24, 2.45) is 0 Å². The zero-order chi connectivity index (χ0) is 17.3. The van der Waals surface area contributed by atoms with Crippen molar-refractivity contribution in [3.63, 3.8) is 0 Å². The summed E-state index contributed by atoms with van der Waals surface area (Å²) in [5.41, 5.74) is 2.71. The smallest absolute Gasteiger partial charge is 0.240 e. The number of sulfone groups is 1. The van der Waals surface area contributed by atoms with Gasteiger partial charge in [-0.1, -0.05) is 6.07 Å². The average molecular weight is 361 g/mol. The van der Waals surface area contributed by atoms with E-state index in [1.165, 1.54) is 0 Å². The Morgan fingerprint density at radius 1 is 1.09 bits per heavy atom. The van der Waals surface area contributed by atoms with Gasteiger partial charge in [0, 0.05) is 19.1 Å². The number of aryl methyl sites for hydroxylation is 3. The van der Waals surface area contributed by atoms with Crippen LogP contribution in [0.4, 0.5) is 0 Å². The van der Waals surface area contributed by atoms with Gasteiger partial charge in [-0.3, -0.25) is 0 Å². The number of hydrogen-bond acceptors (Lipinski definition) is 5. The molecule has 23 heavy (non-hydrogen) atoms. The Morgan fingerprint density at radius 2 is 1.74 bits per heavy atom. The minimum Gasteiger partial charge on any atom is -0.312 e. The van der Waals surface area contributed by atoms with E-state index in [9.17, 15) is 16.8 Å². The van der Waals surface area contributed by atoms with E-state index in [1.54, 1.807) is 13.0 Å². The van der Waals surface area contributed by atoms with Crippen molar-refractivity contribution in [3.8, 4) is 0 Å². The van der Waals surface area contributed by atoms with E-state index in [4.69, 9.17) is 0 Å². The van der Waals surface area contributed by atoms with Crippen LogP contribution in [0.25, 0.3) is 0 Å². The summed E-state index contributed by atoms with van der Waals surface area (Å²) in [5.74, 6) is 0.342. The molecule has 0 unspecified atom stereocenters. The van der Waals surface area contributed by atoms with Gasteiger partial charge in [0.25, 0.3) is 0 Å². The summed E-state index contributed by atoms with van der Waals surface area (Å²) < 4.78 is 50.1. The summed E-state index contributed by atoms with van der Waals surface area (Å²) in [6.45, 7) is 6.25. The Hall–Kier alpha value is -0.960. The third-order valence-corrected chi connectivity index (χ3v) is 7.53.